The maximum atomic E-state index is 13.7. The first-order valence-corrected chi connectivity index (χ1v) is 9.30. The summed E-state index contributed by atoms with van der Waals surface area (Å²) in [6.45, 7) is -0.537. The predicted molar refractivity (Wildman–Crippen MR) is 93.7 cm³/mol. The lowest BCUT2D eigenvalue weighted by atomic mass is 9.95. The van der Waals surface area contributed by atoms with Gasteiger partial charge in [-0.1, -0.05) is 0 Å². The largest absolute Gasteiger partial charge is 0.505 e. The van der Waals surface area contributed by atoms with Gasteiger partial charge in [-0.2, -0.15) is 0 Å². The van der Waals surface area contributed by atoms with Gasteiger partial charge < -0.3 is 25.0 Å². The number of rotatable bonds is 9. The molecule has 0 aliphatic rings. The number of aromatic nitrogens is 3. The second-order valence-corrected chi connectivity index (χ2v) is 7.12. The molecule has 2 rings (SSSR count). The van der Waals surface area contributed by atoms with E-state index in [4.69, 9.17) is 9.79 Å². The van der Waals surface area contributed by atoms with E-state index in [1.54, 1.807) is 0 Å². The summed E-state index contributed by atoms with van der Waals surface area (Å²) < 4.78 is 29.0. The first-order chi connectivity index (χ1) is 13.1. The van der Waals surface area contributed by atoms with Crippen LogP contribution in [0.2, 0.25) is 0 Å². The summed E-state index contributed by atoms with van der Waals surface area (Å²) in [6, 6.07) is 0. The SMILES string of the molecule is Cc1ncc(COP(=O)(O)O)c(C=NC(CF)(Cc2cnc[nH]2)C(=O)O)c1O. The number of H-pyrrole nitrogens is 1. The topological polar surface area (TPSA) is 178 Å². The zero-order valence-electron chi connectivity index (χ0n) is 14.6. The van der Waals surface area contributed by atoms with Gasteiger partial charge in [0.05, 0.1) is 18.6 Å². The Balaban J connectivity index is 2.44. The molecule has 0 saturated heterocycles. The first kappa shape index (κ1) is 21.6. The summed E-state index contributed by atoms with van der Waals surface area (Å²) in [5.41, 5.74) is -1.79. The Morgan fingerprint density at radius 3 is 2.71 bits per heavy atom. The highest BCUT2D eigenvalue weighted by Crippen LogP contribution is 2.37. The minimum absolute atomic E-state index is 0.0230. The number of hydrogen-bond acceptors (Lipinski definition) is 7. The van der Waals surface area contributed by atoms with Crippen LogP contribution < -0.4 is 0 Å². The maximum absolute atomic E-state index is 13.7. The highest BCUT2D eigenvalue weighted by Gasteiger charge is 2.39. The average molecular weight is 416 g/mol. The van der Waals surface area contributed by atoms with Crippen LogP contribution in [-0.2, 0) is 26.9 Å². The second-order valence-electron chi connectivity index (χ2n) is 5.88. The third-order valence-electron chi connectivity index (χ3n) is 3.84. The number of imidazole rings is 1. The quantitative estimate of drug-likeness (QED) is 0.293. The molecular formula is C15H18FN4O7P. The molecule has 1 unspecified atom stereocenters. The summed E-state index contributed by atoms with van der Waals surface area (Å²) in [5.74, 6) is -1.95. The van der Waals surface area contributed by atoms with Crippen LogP contribution in [0.4, 0.5) is 4.39 Å². The van der Waals surface area contributed by atoms with Crippen molar-refractivity contribution in [2.24, 2.45) is 4.99 Å². The number of phosphoric acid groups is 1. The molecular weight excluding hydrogens is 398 g/mol. The van der Waals surface area contributed by atoms with Crippen molar-refractivity contribution in [2.45, 2.75) is 25.5 Å². The third kappa shape index (κ3) is 5.20. The van der Waals surface area contributed by atoms with Crippen molar-refractivity contribution in [2.75, 3.05) is 6.67 Å². The summed E-state index contributed by atoms with van der Waals surface area (Å²) in [7, 11) is -4.81. The molecule has 2 aromatic rings. The fraction of sp³-hybridized carbons (Fsp3) is 0.333. The molecule has 0 aromatic carbocycles. The Morgan fingerprint density at radius 2 is 2.18 bits per heavy atom. The van der Waals surface area contributed by atoms with Crippen LogP contribution in [0, 0.1) is 6.92 Å². The summed E-state index contributed by atoms with van der Waals surface area (Å²) >= 11 is 0. The standard InChI is InChI=1S/C15H18FN4O7P/c1-9-13(21)12(10(3-18-9)6-27-28(24,25)26)5-20-15(7-16,14(22)23)2-11-4-17-8-19-11/h3-5,8,21H,2,6-7H2,1H3,(H,17,19)(H,22,23)(H2,24,25,26). The molecule has 1 atom stereocenters. The van der Waals surface area contributed by atoms with Crippen LogP contribution in [0.5, 0.6) is 5.75 Å². The number of aliphatic carboxylic acids is 1. The fourth-order valence-electron chi connectivity index (χ4n) is 2.27. The molecule has 28 heavy (non-hydrogen) atoms. The molecule has 2 heterocycles. The van der Waals surface area contributed by atoms with Gasteiger partial charge in [-0.3, -0.25) is 14.5 Å². The van der Waals surface area contributed by atoms with Gasteiger partial charge in [-0.25, -0.2) is 18.7 Å². The zero-order valence-corrected chi connectivity index (χ0v) is 15.5. The average Bonchev–Trinajstić information content (AvgIpc) is 3.12. The number of aryl methyl sites for hydroxylation is 1. The lowest BCUT2D eigenvalue weighted by Gasteiger charge is -2.21. The minimum Gasteiger partial charge on any atom is -0.505 e. The molecule has 0 amide bonds. The van der Waals surface area contributed by atoms with Gasteiger partial charge in [-0.15, -0.1) is 0 Å². The molecule has 0 aliphatic carbocycles. The maximum Gasteiger partial charge on any atom is 0.469 e. The van der Waals surface area contributed by atoms with Gasteiger partial charge in [0.25, 0.3) is 0 Å². The Labute approximate surface area is 158 Å². The molecule has 13 heteroatoms. The van der Waals surface area contributed by atoms with E-state index in [-0.39, 0.29) is 23.2 Å². The number of phosphoric ester groups is 1. The lowest BCUT2D eigenvalue weighted by molar-refractivity contribution is -0.143. The number of halogens is 1. The molecule has 0 aliphatic heterocycles. The van der Waals surface area contributed by atoms with E-state index < -0.39 is 38.4 Å². The van der Waals surface area contributed by atoms with Crippen LogP contribution in [0.3, 0.4) is 0 Å². The van der Waals surface area contributed by atoms with Crippen LogP contribution >= 0.6 is 7.82 Å². The Kier molecular flexibility index (Phi) is 6.62. The van der Waals surface area contributed by atoms with Crippen molar-refractivity contribution in [3.63, 3.8) is 0 Å². The highest BCUT2D eigenvalue weighted by atomic mass is 31.2. The van der Waals surface area contributed by atoms with E-state index >= 15 is 0 Å². The van der Waals surface area contributed by atoms with Crippen molar-refractivity contribution >= 4 is 20.0 Å². The van der Waals surface area contributed by atoms with E-state index in [1.807, 2.05) is 0 Å². The van der Waals surface area contributed by atoms with Gasteiger partial charge >= 0.3 is 13.8 Å². The van der Waals surface area contributed by atoms with Crippen molar-refractivity contribution in [3.05, 3.63) is 41.2 Å². The third-order valence-corrected chi connectivity index (χ3v) is 4.31. The number of nitrogens with zero attached hydrogens (tertiary/aromatic N) is 3. The van der Waals surface area contributed by atoms with Crippen LogP contribution in [0.25, 0.3) is 0 Å². The second kappa shape index (κ2) is 8.57. The minimum atomic E-state index is -4.81. The number of aromatic hydroxyl groups is 1. The van der Waals surface area contributed by atoms with E-state index in [2.05, 4.69) is 24.5 Å². The monoisotopic (exact) mass is 416 g/mol. The van der Waals surface area contributed by atoms with Crippen molar-refractivity contribution in [3.8, 4) is 5.75 Å². The smallest absolute Gasteiger partial charge is 0.469 e. The van der Waals surface area contributed by atoms with Crippen molar-refractivity contribution in [1.29, 1.82) is 0 Å². The fourth-order valence-corrected chi connectivity index (χ4v) is 2.57. The van der Waals surface area contributed by atoms with Gasteiger partial charge in [0, 0.05) is 41.8 Å². The zero-order chi connectivity index (χ0) is 20.9. The van der Waals surface area contributed by atoms with Gasteiger partial charge in [0.2, 0.25) is 0 Å². The summed E-state index contributed by atoms with van der Waals surface area (Å²) in [5, 5.41) is 19.7. The molecule has 11 nitrogen and oxygen atoms in total. The molecule has 0 bridgehead atoms. The van der Waals surface area contributed by atoms with Crippen LogP contribution in [0.1, 0.15) is 22.5 Å². The molecule has 0 fully saturated rings. The molecule has 152 valence electrons. The number of carboxylic acid groups (broad SMARTS) is 1. The molecule has 0 radical (unpaired) electrons. The Bertz CT molecular complexity index is 915. The molecule has 0 spiro atoms. The Hall–Kier alpha value is -2.66. The van der Waals surface area contributed by atoms with Gasteiger partial charge in [-0.05, 0) is 6.92 Å². The van der Waals surface area contributed by atoms with Crippen molar-refractivity contribution < 1.29 is 38.3 Å². The van der Waals surface area contributed by atoms with Gasteiger partial charge in [0.15, 0.2) is 5.54 Å². The summed E-state index contributed by atoms with van der Waals surface area (Å²) in [6.07, 6.45) is 4.40. The number of aromatic amines is 1. The van der Waals surface area contributed by atoms with E-state index in [0.29, 0.717) is 5.69 Å². The number of carbonyl (C=O) groups is 1. The first-order valence-electron chi connectivity index (χ1n) is 7.77. The van der Waals surface area contributed by atoms with Crippen LogP contribution in [0.15, 0.2) is 23.7 Å². The highest BCUT2D eigenvalue weighted by molar-refractivity contribution is 7.46. The normalized spacial score (nSPS) is 14.3. The molecule has 2 aromatic heterocycles. The number of carboxylic acids is 1. The molecule has 5 N–H and O–H groups in total. The number of nitrogens with one attached hydrogen (secondary N) is 1. The summed E-state index contributed by atoms with van der Waals surface area (Å²) in [4.78, 5) is 43.5. The van der Waals surface area contributed by atoms with E-state index in [9.17, 15) is 24.0 Å². The number of aliphatic imine (C=N–C) groups is 1. The van der Waals surface area contributed by atoms with Crippen molar-refractivity contribution in [1.82, 2.24) is 15.0 Å². The number of alkyl halides is 1. The van der Waals surface area contributed by atoms with Gasteiger partial charge in [0.1, 0.15) is 12.4 Å². The molecule has 0 saturated carbocycles. The van der Waals surface area contributed by atoms with E-state index in [1.165, 1.54) is 25.6 Å². The number of hydrogen-bond donors (Lipinski definition) is 5. The predicted octanol–water partition coefficient (Wildman–Crippen LogP) is 0.883. The lowest BCUT2D eigenvalue weighted by Crippen LogP contribution is -2.41. The van der Waals surface area contributed by atoms with E-state index in [0.717, 1.165) is 6.21 Å². The van der Waals surface area contributed by atoms with Crippen LogP contribution in [-0.4, -0.2) is 59.3 Å². The Morgan fingerprint density at radius 1 is 1.46 bits per heavy atom. The number of pyridine rings is 1.